The molecule has 1 aromatic heterocycles. The summed E-state index contributed by atoms with van der Waals surface area (Å²) in [6, 6.07) is 10.7. The van der Waals surface area contributed by atoms with Crippen LogP contribution in [0.3, 0.4) is 0 Å². The highest BCUT2D eigenvalue weighted by Crippen LogP contribution is 2.37. The van der Waals surface area contributed by atoms with Gasteiger partial charge in [-0.3, -0.25) is 5.32 Å². The largest absolute Gasteiger partial charge is 0.444 e. The molecule has 1 aliphatic rings. The van der Waals surface area contributed by atoms with E-state index >= 15 is 0 Å². The number of carbonyl (C=O) groups is 2. The van der Waals surface area contributed by atoms with Crippen LogP contribution in [-0.2, 0) is 34.9 Å². The molecule has 0 aliphatic carbocycles. The Bertz CT molecular complexity index is 1660. The molecule has 3 aromatic rings. The van der Waals surface area contributed by atoms with Crippen molar-refractivity contribution in [3.8, 4) is 11.4 Å². The van der Waals surface area contributed by atoms with E-state index < -0.39 is 47.3 Å². The third-order valence-corrected chi connectivity index (χ3v) is 7.73. The Labute approximate surface area is 290 Å². The Morgan fingerprint density at radius 2 is 1.62 bits per heavy atom. The van der Waals surface area contributed by atoms with Crippen molar-refractivity contribution in [2.45, 2.75) is 117 Å². The van der Waals surface area contributed by atoms with Gasteiger partial charge in [0, 0.05) is 12.1 Å². The number of nitrogens with one attached hydrogen (secondary N) is 1. The normalized spacial score (nSPS) is 17.2. The molecule has 0 saturated carbocycles. The number of alkyl halides is 3. The van der Waals surface area contributed by atoms with E-state index in [4.69, 9.17) is 14.0 Å². The molecule has 2 heterocycles. The second-order valence-electron chi connectivity index (χ2n) is 14.3. The van der Waals surface area contributed by atoms with Crippen LogP contribution in [0, 0.1) is 0 Å². The van der Waals surface area contributed by atoms with Gasteiger partial charge in [-0.05, 0) is 96.4 Å². The van der Waals surface area contributed by atoms with Crippen molar-refractivity contribution in [2.75, 3.05) is 6.54 Å². The summed E-state index contributed by atoms with van der Waals surface area (Å²) in [5, 5.41) is 17.3. The quantitative estimate of drug-likeness (QED) is 0.178. The maximum absolute atomic E-state index is 14.3. The average molecular weight is 702 g/mol. The molecule has 0 unspecified atom stereocenters. The fraction of sp³-hybridized carbons (Fsp3) is 0.528. The molecule has 50 heavy (non-hydrogen) atoms. The lowest BCUT2D eigenvalue weighted by Crippen LogP contribution is -2.47. The van der Waals surface area contributed by atoms with Crippen LogP contribution >= 0.6 is 0 Å². The second-order valence-corrected chi connectivity index (χ2v) is 14.3. The highest BCUT2D eigenvalue weighted by Gasteiger charge is 2.42. The van der Waals surface area contributed by atoms with E-state index in [1.807, 2.05) is 24.3 Å². The van der Waals surface area contributed by atoms with Crippen LogP contribution in [0.1, 0.15) is 102 Å². The van der Waals surface area contributed by atoms with Gasteiger partial charge in [-0.25, -0.2) is 9.59 Å². The Hall–Kier alpha value is -4.46. The summed E-state index contributed by atoms with van der Waals surface area (Å²) in [6.07, 6.45) is -3.80. The number of aromatic nitrogens is 2. The predicted molar refractivity (Wildman–Crippen MR) is 180 cm³/mol. The standard InChI is InChI=1S/C36H46F3N5O6/c1-8-9-10-22-11-13-23(14-12-22)15-16-24-17-18-25(21-26(24)36(37,38)39)29-40-30(50-43-29)28-27(45)19-20-44(28)31(41-32(46)48-34(2,3)4)42-33(47)49-35(5,6)7/h11-14,17-18,21,27-28,45H,8-10,15-16,19-20H2,1-7H3,(H,41,42,46,47)/t27-,28-/m0/s1. The highest BCUT2D eigenvalue weighted by atomic mass is 19.4. The minimum Gasteiger partial charge on any atom is -0.444 e. The molecule has 2 aromatic carbocycles. The Morgan fingerprint density at radius 3 is 2.22 bits per heavy atom. The monoisotopic (exact) mass is 701 g/mol. The molecule has 14 heteroatoms. The van der Waals surface area contributed by atoms with Gasteiger partial charge >= 0.3 is 18.4 Å². The third-order valence-electron chi connectivity index (χ3n) is 7.73. The molecule has 0 radical (unpaired) electrons. The third kappa shape index (κ3) is 10.8. The number of hydrogen-bond donors (Lipinski definition) is 2. The van der Waals surface area contributed by atoms with Crippen LogP contribution in [0.25, 0.3) is 11.4 Å². The summed E-state index contributed by atoms with van der Waals surface area (Å²) >= 11 is 0. The fourth-order valence-corrected chi connectivity index (χ4v) is 5.44. The molecule has 1 fully saturated rings. The number of aliphatic hydroxyl groups is 1. The van der Waals surface area contributed by atoms with Gasteiger partial charge in [0.25, 0.3) is 5.89 Å². The SMILES string of the molecule is CCCCc1ccc(CCc2ccc(-c3noc([C@@H]4[C@@H](O)CCN4/C(=N/C(=O)OC(C)(C)C)NC(=O)OC(C)(C)C)n3)cc2C(F)(F)F)cc1. The van der Waals surface area contributed by atoms with Gasteiger partial charge < -0.3 is 24.0 Å². The fourth-order valence-electron chi connectivity index (χ4n) is 5.44. The van der Waals surface area contributed by atoms with Crippen LogP contribution in [0.2, 0.25) is 0 Å². The molecule has 4 rings (SSSR count). The lowest BCUT2D eigenvalue weighted by molar-refractivity contribution is -0.138. The average Bonchev–Trinajstić information content (AvgIpc) is 3.63. The minimum atomic E-state index is -4.64. The first-order valence-electron chi connectivity index (χ1n) is 16.7. The Balaban J connectivity index is 1.59. The smallest absolute Gasteiger partial charge is 0.437 e. The van der Waals surface area contributed by atoms with E-state index in [9.17, 15) is 27.9 Å². The first kappa shape index (κ1) is 38.3. The molecular weight excluding hydrogens is 655 g/mol. The molecule has 1 saturated heterocycles. The van der Waals surface area contributed by atoms with Crippen molar-refractivity contribution in [3.63, 3.8) is 0 Å². The number of aliphatic hydroxyl groups excluding tert-OH is 1. The van der Waals surface area contributed by atoms with Crippen LogP contribution in [-0.4, -0.2) is 62.1 Å². The van der Waals surface area contributed by atoms with Crippen LogP contribution < -0.4 is 5.32 Å². The lowest BCUT2D eigenvalue weighted by atomic mass is 9.96. The summed E-state index contributed by atoms with van der Waals surface area (Å²) in [4.78, 5) is 35.1. The number of ether oxygens (including phenoxy) is 2. The number of rotatable bonds is 8. The second kappa shape index (κ2) is 15.6. The number of benzene rings is 2. The van der Waals surface area contributed by atoms with Crippen molar-refractivity contribution < 1.29 is 41.9 Å². The zero-order valence-electron chi connectivity index (χ0n) is 29.6. The number of aliphatic imine (C=N–C) groups is 1. The van der Waals surface area contributed by atoms with E-state index in [1.54, 1.807) is 41.5 Å². The number of alkyl carbamates (subject to hydrolysis) is 1. The number of nitrogens with zero attached hydrogens (tertiary/aromatic N) is 4. The summed E-state index contributed by atoms with van der Waals surface area (Å²) in [5.74, 6) is -0.591. The number of aryl methyl sites for hydroxylation is 3. The first-order chi connectivity index (χ1) is 23.3. The van der Waals surface area contributed by atoms with Crippen LogP contribution in [0.15, 0.2) is 52.0 Å². The molecule has 1 aliphatic heterocycles. The lowest BCUT2D eigenvalue weighted by Gasteiger charge is -2.28. The number of guanidine groups is 1. The van der Waals surface area contributed by atoms with Crippen LogP contribution in [0.5, 0.6) is 0 Å². The Morgan fingerprint density at radius 1 is 0.980 bits per heavy atom. The number of hydrogen-bond acceptors (Lipinski definition) is 8. The topological polar surface area (TPSA) is 139 Å². The van der Waals surface area contributed by atoms with E-state index in [0.717, 1.165) is 30.9 Å². The molecule has 11 nitrogen and oxygen atoms in total. The van der Waals surface area contributed by atoms with Gasteiger partial charge in [0.05, 0.1) is 11.7 Å². The number of likely N-dealkylation sites (tertiary alicyclic amines) is 1. The van der Waals surface area contributed by atoms with Crippen molar-refractivity contribution in [2.24, 2.45) is 4.99 Å². The van der Waals surface area contributed by atoms with E-state index in [-0.39, 0.29) is 48.2 Å². The zero-order chi connectivity index (χ0) is 36.9. The molecule has 0 bridgehead atoms. The molecule has 2 amide bonds. The van der Waals surface area contributed by atoms with Crippen molar-refractivity contribution in [3.05, 3.63) is 70.6 Å². The van der Waals surface area contributed by atoms with Gasteiger partial charge in [-0.2, -0.15) is 18.2 Å². The van der Waals surface area contributed by atoms with Gasteiger partial charge in [0.15, 0.2) is 0 Å². The molecule has 0 spiro atoms. The zero-order valence-corrected chi connectivity index (χ0v) is 29.6. The number of halogens is 3. The van der Waals surface area contributed by atoms with Gasteiger partial charge in [-0.1, -0.05) is 54.9 Å². The maximum Gasteiger partial charge on any atom is 0.437 e. The van der Waals surface area contributed by atoms with Gasteiger partial charge in [0.1, 0.15) is 17.2 Å². The summed E-state index contributed by atoms with van der Waals surface area (Å²) < 4.78 is 59.0. The predicted octanol–water partition coefficient (Wildman–Crippen LogP) is 7.81. The number of carbonyl (C=O) groups excluding carboxylic acids is 2. The van der Waals surface area contributed by atoms with E-state index in [1.165, 1.54) is 22.6 Å². The Kier molecular flexibility index (Phi) is 12.0. The van der Waals surface area contributed by atoms with E-state index in [0.29, 0.717) is 6.42 Å². The van der Waals surface area contributed by atoms with E-state index in [2.05, 4.69) is 27.4 Å². The number of amides is 2. The summed E-state index contributed by atoms with van der Waals surface area (Å²) in [6.45, 7) is 12.1. The molecular formula is C36H46F3N5O6. The minimum absolute atomic E-state index is 0.0601. The first-order valence-corrected chi connectivity index (χ1v) is 16.7. The van der Waals surface area contributed by atoms with Gasteiger partial charge in [-0.15, -0.1) is 4.99 Å². The van der Waals surface area contributed by atoms with Crippen molar-refractivity contribution >= 4 is 18.1 Å². The van der Waals surface area contributed by atoms with Crippen LogP contribution in [0.4, 0.5) is 22.8 Å². The van der Waals surface area contributed by atoms with Crippen molar-refractivity contribution in [1.29, 1.82) is 0 Å². The maximum atomic E-state index is 14.3. The molecule has 2 atom stereocenters. The molecule has 272 valence electrons. The summed E-state index contributed by atoms with van der Waals surface area (Å²) in [7, 11) is 0. The van der Waals surface area contributed by atoms with Crippen molar-refractivity contribution in [1.82, 2.24) is 20.4 Å². The highest BCUT2D eigenvalue weighted by molar-refractivity contribution is 5.99. The van der Waals surface area contributed by atoms with Gasteiger partial charge in [0.2, 0.25) is 11.8 Å². The molecule has 2 N–H and O–H groups in total. The number of unbranched alkanes of at least 4 members (excludes halogenated alkanes) is 1. The summed E-state index contributed by atoms with van der Waals surface area (Å²) in [5.41, 5.74) is -0.241.